The van der Waals surface area contributed by atoms with Crippen molar-refractivity contribution in [2.24, 2.45) is 0 Å². The minimum atomic E-state index is -0.647. The Morgan fingerprint density at radius 2 is 1.71 bits per heavy atom. The molecule has 2 aromatic rings. The highest BCUT2D eigenvalue weighted by molar-refractivity contribution is 7.71. The molecule has 1 atom stereocenters. The summed E-state index contributed by atoms with van der Waals surface area (Å²) in [4.78, 5) is 2.21. The number of rotatable bonds is 7. The van der Waals surface area contributed by atoms with Gasteiger partial charge in [-0.3, -0.25) is 4.67 Å². The highest BCUT2D eigenvalue weighted by Gasteiger charge is 2.25. The van der Waals surface area contributed by atoms with E-state index >= 15 is 0 Å². The number of aryl methyl sites for hydroxylation is 1. The number of para-hydroxylation sites is 1. The fourth-order valence-corrected chi connectivity index (χ4v) is 5.72. The third-order valence-corrected chi connectivity index (χ3v) is 6.57. The maximum atomic E-state index is 5.68. The van der Waals surface area contributed by atoms with E-state index < -0.39 is 8.07 Å². The Balaban J connectivity index is 2.66. The van der Waals surface area contributed by atoms with E-state index in [-0.39, 0.29) is 0 Å². The van der Waals surface area contributed by atoms with Gasteiger partial charge in [-0.1, -0.05) is 30.7 Å². The molecular formula is C20H29N2OP. The first-order chi connectivity index (χ1) is 11.5. The van der Waals surface area contributed by atoms with Crippen molar-refractivity contribution in [2.45, 2.75) is 20.3 Å². The number of hydrogen-bond acceptors (Lipinski definition) is 3. The lowest BCUT2D eigenvalue weighted by molar-refractivity contribution is 0.418. The lowest BCUT2D eigenvalue weighted by Crippen LogP contribution is -2.30. The van der Waals surface area contributed by atoms with Crippen LogP contribution in [0.5, 0.6) is 5.75 Å². The second-order valence-electron chi connectivity index (χ2n) is 6.25. The Hall–Kier alpha value is -1.57. The number of ether oxygens (including phenoxy) is 1. The molecule has 0 saturated heterocycles. The van der Waals surface area contributed by atoms with Crippen LogP contribution >= 0.6 is 8.07 Å². The minimum absolute atomic E-state index is 0.647. The van der Waals surface area contributed by atoms with Crippen LogP contribution in [0.4, 0.5) is 5.69 Å². The summed E-state index contributed by atoms with van der Waals surface area (Å²) in [6.07, 6.45) is 1.13. The molecule has 2 rings (SSSR count). The van der Waals surface area contributed by atoms with Crippen LogP contribution in [0.3, 0.4) is 0 Å². The predicted octanol–water partition coefficient (Wildman–Crippen LogP) is 3.76. The summed E-state index contributed by atoms with van der Waals surface area (Å²) in [5.74, 6) is 0.970. The largest absolute Gasteiger partial charge is 0.496 e. The van der Waals surface area contributed by atoms with Crippen molar-refractivity contribution in [3.05, 3.63) is 48.0 Å². The lowest BCUT2D eigenvalue weighted by atomic mass is 10.2. The Bertz CT molecular complexity index is 672. The van der Waals surface area contributed by atoms with Crippen LogP contribution in [-0.2, 0) is 0 Å². The van der Waals surface area contributed by atoms with E-state index in [0.717, 1.165) is 18.7 Å². The minimum Gasteiger partial charge on any atom is -0.496 e. The van der Waals surface area contributed by atoms with Gasteiger partial charge in [0.15, 0.2) is 0 Å². The Morgan fingerprint density at radius 3 is 2.33 bits per heavy atom. The van der Waals surface area contributed by atoms with Crippen molar-refractivity contribution in [1.82, 2.24) is 4.67 Å². The third-order valence-electron chi connectivity index (χ3n) is 4.04. The van der Waals surface area contributed by atoms with Crippen molar-refractivity contribution >= 4 is 24.4 Å². The van der Waals surface area contributed by atoms with Gasteiger partial charge < -0.3 is 9.64 Å². The quantitative estimate of drug-likeness (QED) is 0.711. The average molecular weight is 344 g/mol. The topological polar surface area (TPSA) is 15.7 Å². The Labute approximate surface area is 148 Å². The van der Waals surface area contributed by atoms with Gasteiger partial charge in [-0.15, -0.1) is 0 Å². The van der Waals surface area contributed by atoms with Crippen molar-refractivity contribution < 1.29 is 4.74 Å². The fourth-order valence-electron chi connectivity index (χ4n) is 2.91. The van der Waals surface area contributed by atoms with E-state index in [2.05, 4.69) is 81.0 Å². The summed E-state index contributed by atoms with van der Waals surface area (Å²) in [6.45, 7) is 5.46. The fraction of sp³-hybridized carbons (Fsp3) is 0.400. The molecule has 4 heteroatoms. The molecule has 130 valence electrons. The monoisotopic (exact) mass is 344 g/mol. The zero-order chi connectivity index (χ0) is 17.7. The van der Waals surface area contributed by atoms with Gasteiger partial charge in [0.25, 0.3) is 0 Å². The zero-order valence-corrected chi connectivity index (χ0v) is 16.6. The van der Waals surface area contributed by atoms with Crippen LogP contribution in [-0.4, -0.2) is 39.5 Å². The van der Waals surface area contributed by atoms with Crippen LogP contribution < -0.4 is 20.2 Å². The maximum absolute atomic E-state index is 5.68. The second-order valence-corrected chi connectivity index (χ2v) is 8.52. The molecule has 0 fully saturated rings. The van der Waals surface area contributed by atoms with E-state index in [1.807, 2.05) is 6.07 Å². The van der Waals surface area contributed by atoms with Gasteiger partial charge in [-0.2, -0.15) is 0 Å². The second kappa shape index (κ2) is 8.50. The van der Waals surface area contributed by atoms with E-state index in [9.17, 15) is 0 Å². The van der Waals surface area contributed by atoms with Gasteiger partial charge in [0.1, 0.15) is 5.75 Å². The summed E-state index contributed by atoms with van der Waals surface area (Å²) < 4.78 is 8.16. The van der Waals surface area contributed by atoms with Gasteiger partial charge in [0, 0.05) is 45.0 Å². The first kappa shape index (κ1) is 18.8. The van der Waals surface area contributed by atoms with Crippen LogP contribution in [0.25, 0.3) is 0 Å². The summed E-state index contributed by atoms with van der Waals surface area (Å²) >= 11 is 0. The molecule has 0 saturated carbocycles. The molecule has 0 aliphatic carbocycles. The molecule has 0 heterocycles. The summed E-state index contributed by atoms with van der Waals surface area (Å²) in [7, 11) is 7.57. The molecule has 2 aromatic carbocycles. The molecule has 0 aromatic heterocycles. The number of nitrogens with zero attached hydrogens (tertiary/aromatic N) is 2. The Morgan fingerprint density at radius 1 is 1.00 bits per heavy atom. The average Bonchev–Trinajstić information content (AvgIpc) is 2.55. The molecule has 0 radical (unpaired) electrons. The highest BCUT2D eigenvalue weighted by atomic mass is 31.1. The van der Waals surface area contributed by atoms with Crippen LogP contribution in [0.15, 0.2) is 42.5 Å². The summed E-state index contributed by atoms with van der Waals surface area (Å²) in [5, 5.41) is 2.66. The SMILES string of the molecule is CCCN(C)P(c1ccccc1OC)c1cc(C)ccc1N(C)C. The van der Waals surface area contributed by atoms with Crippen LogP contribution in [0, 0.1) is 6.92 Å². The molecule has 1 unspecified atom stereocenters. The summed E-state index contributed by atoms with van der Waals surface area (Å²) in [5.41, 5.74) is 2.57. The van der Waals surface area contributed by atoms with E-state index in [4.69, 9.17) is 4.74 Å². The standard InChI is InChI=1S/C20H29N2OP/c1-7-14-22(5)24(19-11-9-8-10-18(19)23-6)20-15-16(2)12-13-17(20)21(3)4/h8-13,15H,7,14H2,1-6H3. The molecular weight excluding hydrogens is 315 g/mol. The van der Waals surface area contributed by atoms with E-state index in [0.29, 0.717) is 0 Å². The highest BCUT2D eigenvalue weighted by Crippen LogP contribution is 2.43. The van der Waals surface area contributed by atoms with Gasteiger partial charge in [0.05, 0.1) is 7.11 Å². The molecule has 3 nitrogen and oxygen atoms in total. The first-order valence-electron chi connectivity index (χ1n) is 8.41. The number of anilines is 1. The molecule has 0 amide bonds. The third kappa shape index (κ3) is 4.09. The van der Waals surface area contributed by atoms with E-state index in [1.165, 1.54) is 21.9 Å². The van der Waals surface area contributed by atoms with Gasteiger partial charge in [-0.05, 0) is 44.7 Å². The number of hydrogen-bond donors (Lipinski definition) is 0. The normalized spacial score (nSPS) is 12.3. The Kier molecular flexibility index (Phi) is 6.65. The van der Waals surface area contributed by atoms with Gasteiger partial charge >= 0.3 is 0 Å². The lowest BCUT2D eigenvalue weighted by Gasteiger charge is -2.32. The first-order valence-corrected chi connectivity index (χ1v) is 9.71. The van der Waals surface area contributed by atoms with Gasteiger partial charge in [-0.25, -0.2) is 0 Å². The van der Waals surface area contributed by atoms with Gasteiger partial charge in [0.2, 0.25) is 0 Å². The van der Waals surface area contributed by atoms with Crippen molar-refractivity contribution in [2.75, 3.05) is 39.7 Å². The van der Waals surface area contributed by atoms with Crippen molar-refractivity contribution in [3.8, 4) is 5.75 Å². The molecule has 0 spiro atoms. The molecule has 0 bridgehead atoms. The van der Waals surface area contributed by atoms with Crippen LogP contribution in [0.1, 0.15) is 18.9 Å². The smallest absolute Gasteiger partial charge is 0.128 e. The van der Waals surface area contributed by atoms with Crippen LogP contribution in [0.2, 0.25) is 0 Å². The number of benzene rings is 2. The zero-order valence-electron chi connectivity index (χ0n) is 15.7. The molecule has 0 aliphatic rings. The predicted molar refractivity (Wildman–Crippen MR) is 108 cm³/mol. The molecule has 0 N–H and O–H groups in total. The summed E-state index contributed by atoms with van der Waals surface area (Å²) in [6, 6.07) is 15.2. The van der Waals surface area contributed by atoms with Crippen molar-refractivity contribution in [3.63, 3.8) is 0 Å². The van der Waals surface area contributed by atoms with Crippen molar-refractivity contribution in [1.29, 1.82) is 0 Å². The number of methoxy groups -OCH3 is 1. The molecule has 24 heavy (non-hydrogen) atoms. The molecule has 0 aliphatic heterocycles. The van der Waals surface area contributed by atoms with E-state index in [1.54, 1.807) is 7.11 Å². The maximum Gasteiger partial charge on any atom is 0.128 e.